The fourth-order valence-electron chi connectivity index (χ4n) is 3.34. The van der Waals surface area contributed by atoms with Crippen molar-refractivity contribution in [1.29, 1.82) is 0 Å². The summed E-state index contributed by atoms with van der Waals surface area (Å²) in [4.78, 5) is 0. The van der Waals surface area contributed by atoms with Crippen molar-refractivity contribution in [1.82, 2.24) is 5.32 Å². The smallest absolute Gasteiger partial charge is 0.129 e. The van der Waals surface area contributed by atoms with E-state index in [2.05, 4.69) is 39.1 Å². The number of nitrogens with one attached hydrogen (secondary N) is 1. The Balaban J connectivity index is 2.19. The van der Waals surface area contributed by atoms with Gasteiger partial charge in [0.15, 0.2) is 0 Å². The van der Waals surface area contributed by atoms with Crippen molar-refractivity contribution >= 4 is 0 Å². The van der Waals surface area contributed by atoms with Crippen molar-refractivity contribution in [3.05, 3.63) is 23.7 Å². The lowest BCUT2D eigenvalue weighted by Crippen LogP contribution is -2.20. The maximum absolute atomic E-state index is 5.88. The molecule has 0 radical (unpaired) electrons. The first-order valence-corrected chi connectivity index (χ1v) is 6.61. The van der Waals surface area contributed by atoms with E-state index in [0.717, 1.165) is 11.5 Å². The van der Waals surface area contributed by atoms with Gasteiger partial charge in [-0.3, -0.25) is 0 Å². The van der Waals surface area contributed by atoms with E-state index in [0.29, 0.717) is 23.4 Å². The highest BCUT2D eigenvalue weighted by Gasteiger charge is 2.67. The molecule has 0 amide bonds. The molecule has 1 saturated carbocycles. The van der Waals surface area contributed by atoms with Crippen LogP contribution in [0.25, 0.3) is 0 Å². The van der Waals surface area contributed by atoms with Gasteiger partial charge in [-0.2, -0.15) is 0 Å². The molecule has 1 aliphatic rings. The van der Waals surface area contributed by atoms with Gasteiger partial charge < -0.3 is 14.5 Å². The van der Waals surface area contributed by atoms with Crippen LogP contribution in [0, 0.1) is 16.7 Å². The van der Waals surface area contributed by atoms with Gasteiger partial charge in [0, 0.05) is 7.11 Å². The number of methoxy groups -OCH3 is 1. The van der Waals surface area contributed by atoms with E-state index >= 15 is 0 Å². The van der Waals surface area contributed by atoms with Crippen LogP contribution in [0.15, 0.2) is 16.5 Å². The Hall–Kier alpha value is -0.800. The van der Waals surface area contributed by atoms with E-state index in [1.807, 2.05) is 13.1 Å². The SMILES string of the molecule is CNC(c1ccc(COC)o1)C1C(C)(C)C1(C)C. The van der Waals surface area contributed by atoms with E-state index in [1.54, 1.807) is 7.11 Å². The molecule has 1 atom stereocenters. The minimum Gasteiger partial charge on any atom is -0.462 e. The highest BCUT2D eigenvalue weighted by atomic mass is 16.5. The molecule has 1 fully saturated rings. The van der Waals surface area contributed by atoms with Crippen LogP contribution in [0.4, 0.5) is 0 Å². The lowest BCUT2D eigenvalue weighted by atomic mass is 10.0. The largest absolute Gasteiger partial charge is 0.462 e. The van der Waals surface area contributed by atoms with Crippen molar-refractivity contribution in [2.24, 2.45) is 16.7 Å². The molecule has 3 heteroatoms. The summed E-state index contributed by atoms with van der Waals surface area (Å²) in [7, 11) is 3.69. The lowest BCUT2D eigenvalue weighted by Gasteiger charge is -2.16. The van der Waals surface area contributed by atoms with Gasteiger partial charge in [-0.05, 0) is 35.9 Å². The summed E-state index contributed by atoms with van der Waals surface area (Å²) < 4.78 is 11.0. The third-order valence-corrected chi connectivity index (χ3v) is 5.05. The molecule has 0 aromatic carbocycles. The highest BCUT2D eigenvalue weighted by molar-refractivity contribution is 5.22. The summed E-state index contributed by atoms with van der Waals surface area (Å²) >= 11 is 0. The summed E-state index contributed by atoms with van der Waals surface area (Å²) in [5.41, 5.74) is 0.684. The van der Waals surface area contributed by atoms with Gasteiger partial charge >= 0.3 is 0 Å². The predicted octanol–water partition coefficient (Wildman–Crippen LogP) is 3.37. The fourth-order valence-corrected chi connectivity index (χ4v) is 3.34. The van der Waals surface area contributed by atoms with E-state index in [1.165, 1.54) is 0 Å². The molecule has 1 aromatic rings. The summed E-state index contributed by atoms with van der Waals surface area (Å²) in [6, 6.07) is 4.35. The van der Waals surface area contributed by atoms with Crippen molar-refractivity contribution < 1.29 is 9.15 Å². The maximum Gasteiger partial charge on any atom is 0.129 e. The Bertz CT molecular complexity index is 406. The normalized spacial score (nSPS) is 23.0. The third-order valence-electron chi connectivity index (χ3n) is 5.05. The van der Waals surface area contributed by atoms with E-state index in [4.69, 9.17) is 9.15 Å². The van der Waals surface area contributed by atoms with E-state index < -0.39 is 0 Å². The standard InChI is InChI=1S/C15H25NO2/c1-14(2)13(15(14,3)4)12(16-5)11-8-7-10(18-11)9-17-6/h7-8,12-13,16H,9H2,1-6H3. The van der Waals surface area contributed by atoms with Crippen LogP contribution in [-0.2, 0) is 11.3 Å². The van der Waals surface area contributed by atoms with E-state index in [9.17, 15) is 0 Å². The molecule has 0 aliphatic heterocycles. The Morgan fingerprint density at radius 1 is 1.28 bits per heavy atom. The second-order valence-corrected chi connectivity index (χ2v) is 6.42. The number of hydrogen-bond acceptors (Lipinski definition) is 3. The zero-order valence-electron chi connectivity index (χ0n) is 12.3. The third kappa shape index (κ3) is 1.90. The van der Waals surface area contributed by atoms with Crippen molar-refractivity contribution in [2.45, 2.75) is 40.3 Å². The minimum atomic E-state index is 0.278. The molecule has 102 valence electrons. The molecule has 1 aliphatic carbocycles. The van der Waals surface area contributed by atoms with Crippen LogP contribution in [0.2, 0.25) is 0 Å². The quantitative estimate of drug-likeness (QED) is 0.871. The molecule has 18 heavy (non-hydrogen) atoms. The summed E-state index contributed by atoms with van der Waals surface area (Å²) in [5, 5.41) is 3.41. The number of furan rings is 1. The van der Waals surface area contributed by atoms with Crippen LogP contribution in [0.1, 0.15) is 45.3 Å². The molecular formula is C15H25NO2. The molecule has 0 spiro atoms. The molecular weight excluding hydrogens is 226 g/mol. The molecule has 1 N–H and O–H groups in total. The van der Waals surface area contributed by atoms with Crippen molar-refractivity contribution in [3.8, 4) is 0 Å². The van der Waals surface area contributed by atoms with Gasteiger partial charge in [0.2, 0.25) is 0 Å². The van der Waals surface area contributed by atoms with Gasteiger partial charge in [-0.25, -0.2) is 0 Å². The average molecular weight is 251 g/mol. The highest BCUT2D eigenvalue weighted by Crippen LogP contribution is 2.72. The van der Waals surface area contributed by atoms with Gasteiger partial charge in [-0.1, -0.05) is 27.7 Å². The van der Waals surface area contributed by atoms with Crippen LogP contribution >= 0.6 is 0 Å². The molecule has 1 heterocycles. The minimum absolute atomic E-state index is 0.278. The van der Waals surface area contributed by atoms with Crippen LogP contribution in [0.3, 0.4) is 0 Å². The van der Waals surface area contributed by atoms with Crippen molar-refractivity contribution in [2.75, 3.05) is 14.2 Å². The van der Waals surface area contributed by atoms with Crippen LogP contribution < -0.4 is 5.32 Å². The zero-order valence-corrected chi connectivity index (χ0v) is 12.3. The molecule has 1 unspecified atom stereocenters. The fraction of sp³-hybridized carbons (Fsp3) is 0.733. The first-order chi connectivity index (χ1) is 8.36. The molecule has 2 rings (SSSR count). The monoisotopic (exact) mass is 251 g/mol. The zero-order chi connectivity index (χ0) is 13.6. The predicted molar refractivity (Wildman–Crippen MR) is 72.3 cm³/mol. The van der Waals surface area contributed by atoms with Gasteiger partial charge in [-0.15, -0.1) is 0 Å². The first kappa shape index (κ1) is 13.6. The van der Waals surface area contributed by atoms with Crippen LogP contribution in [0.5, 0.6) is 0 Å². The van der Waals surface area contributed by atoms with Gasteiger partial charge in [0.05, 0.1) is 6.04 Å². The Morgan fingerprint density at radius 3 is 2.33 bits per heavy atom. The molecule has 3 nitrogen and oxygen atoms in total. The second-order valence-electron chi connectivity index (χ2n) is 6.42. The molecule has 1 aromatic heterocycles. The summed E-state index contributed by atoms with van der Waals surface area (Å²) in [5.74, 6) is 2.51. The average Bonchev–Trinajstić information content (AvgIpc) is 2.68. The number of ether oxygens (including phenoxy) is 1. The second kappa shape index (κ2) is 4.39. The number of rotatable bonds is 5. The van der Waals surface area contributed by atoms with Crippen molar-refractivity contribution in [3.63, 3.8) is 0 Å². The Kier molecular flexibility index (Phi) is 3.32. The maximum atomic E-state index is 5.88. The number of hydrogen-bond donors (Lipinski definition) is 1. The molecule has 0 bridgehead atoms. The topological polar surface area (TPSA) is 34.4 Å². The summed E-state index contributed by atoms with van der Waals surface area (Å²) in [6.45, 7) is 9.87. The summed E-state index contributed by atoms with van der Waals surface area (Å²) in [6.07, 6.45) is 0. The first-order valence-electron chi connectivity index (χ1n) is 6.61. The molecule has 0 saturated heterocycles. The van der Waals surface area contributed by atoms with Gasteiger partial charge in [0.25, 0.3) is 0 Å². The van der Waals surface area contributed by atoms with Crippen LogP contribution in [-0.4, -0.2) is 14.2 Å². The lowest BCUT2D eigenvalue weighted by molar-refractivity contribution is 0.160. The Labute approximate surface area is 110 Å². The Morgan fingerprint density at radius 2 is 1.89 bits per heavy atom. The van der Waals surface area contributed by atoms with Gasteiger partial charge in [0.1, 0.15) is 18.1 Å². The van der Waals surface area contributed by atoms with E-state index in [-0.39, 0.29) is 6.04 Å².